The van der Waals surface area contributed by atoms with E-state index in [1.165, 1.54) is 18.9 Å². The molecule has 8 nitrogen and oxygen atoms in total. The van der Waals surface area contributed by atoms with Crippen LogP contribution in [-0.2, 0) is 22.4 Å². The van der Waals surface area contributed by atoms with Crippen molar-refractivity contribution in [3.05, 3.63) is 28.4 Å². The lowest BCUT2D eigenvalue weighted by molar-refractivity contribution is -0.120. The van der Waals surface area contributed by atoms with E-state index in [4.69, 9.17) is 0 Å². The predicted molar refractivity (Wildman–Crippen MR) is 101 cm³/mol. The molecule has 1 amide bonds. The lowest BCUT2D eigenvalue weighted by Gasteiger charge is -2.32. The largest absolute Gasteiger partial charge is 0.465 e. The Morgan fingerprint density at radius 3 is 3.04 bits per heavy atom. The van der Waals surface area contributed by atoms with Gasteiger partial charge in [-0.25, -0.2) is 9.78 Å². The van der Waals surface area contributed by atoms with E-state index in [2.05, 4.69) is 36.2 Å². The number of piperidine rings is 1. The molecule has 1 saturated heterocycles. The maximum Gasteiger partial charge on any atom is 0.349 e. The van der Waals surface area contributed by atoms with E-state index in [0.29, 0.717) is 16.6 Å². The summed E-state index contributed by atoms with van der Waals surface area (Å²) in [7, 11) is 1.32. The summed E-state index contributed by atoms with van der Waals surface area (Å²) in [6.45, 7) is 1.48. The number of carbonyl (C=O) groups excluding carboxylic acids is 2. The van der Waals surface area contributed by atoms with Gasteiger partial charge >= 0.3 is 5.97 Å². The molecule has 0 unspecified atom stereocenters. The van der Waals surface area contributed by atoms with Crippen molar-refractivity contribution in [3.63, 3.8) is 0 Å². The van der Waals surface area contributed by atoms with Gasteiger partial charge in [0.2, 0.25) is 5.91 Å². The third kappa shape index (κ3) is 3.78. The Kier molecular flexibility index (Phi) is 5.02. The zero-order valence-corrected chi connectivity index (χ0v) is 15.9. The van der Waals surface area contributed by atoms with Crippen LogP contribution >= 0.6 is 11.3 Å². The molecule has 0 spiro atoms. The maximum atomic E-state index is 12.7. The number of nitrogens with one attached hydrogen (secondary N) is 1. The number of rotatable bonds is 4. The molecule has 2 aromatic heterocycles. The molecule has 3 heterocycles. The van der Waals surface area contributed by atoms with E-state index in [1.807, 2.05) is 0 Å². The van der Waals surface area contributed by atoms with E-state index in [9.17, 15) is 9.59 Å². The quantitative estimate of drug-likeness (QED) is 0.802. The zero-order valence-electron chi connectivity index (χ0n) is 15.1. The molecular weight excluding hydrogens is 366 g/mol. The monoisotopic (exact) mass is 387 g/mol. The Hall–Kier alpha value is -2.55. The first kappa shape index (κ1) is 17.8. The van der Waals surface area contributed by atoms with E-state index in [0.717, 1.165) is 61.5 Å². The van der Waals surface area contributed by atoms with Crippen LogP contribution in [0.5, 0.6) is 0 Å². The molecule has 0 saturated carbocycles. The van der Waals surface area contributed by atoms with Crippen LogP contribution in [0.4, 0.5) is 10.9 Å². The molecule has 1 N–H and O–H groups in total. The number of aromatic nitrogens is 3. The van der Waals surface area contributed by atoms with Crippen molar-refractivity contribution in [2.45, 2.75) is 32.1 Å². The Morgan fingerprint density at radius 1 is 1.30 bits per heavy atom. The van der Waals surface area contributed by atoms with Gasteiger partial charge in [0, 0.05) is 13.1 Å². The lowest BCUT2D eigenvalue weighted by atomic mass is 9.97. The molecule has 0 bridgehead atoms. The normalized spacial score (nSPS) is 18.9. The number of aryl methyl sites for hydroxylation is 2. The maximum absolute atomic E-state index is 12.7. The van der Waals surface area contributed by atoms with Gasteiger partial charge in [-0.2, -0.15) is 5.10 Å². The molecule has 1 fully saturated rings. The van der Waals surface area contributed by atoms with Crippen LogP contribution in [0, 0.1) is 5.92 Å². The molecule has 2 aliphatic rings. The second-order valence-electron chi connectivity index (χ2n) is 6.82. The Morgan fingerprint density at radius 2 is 2.19 bits per heavy atom. The summed E-state index contributed by atoms with van der Waals surface area (Å²) < 4.78 is 4.66. The van der Waals surface area contributed by atoms with Gasteiger partial charge in [0.25, 0.3) is 0 Å². The molecule has 1 aliphatic carbocycles. The van der Waals surface area contributed by atoms with Crippen molar-refractivity contribution in [1.29, 1.82) is 0 Å². The first-order valence-corrected chi connectivity index (χ1v) is 9.91. The fraction of sp³-hybridized carbons (Fsp3) is 0.500. The number of anilines is 2. The number of carbonyl (C=O) groups is 2. The topological polar surface area (TPSA) is 97.3 Å². The van der Waals surface area contributed by atoms with Crippen molar-refractivity contribution >= 4 is 34.2 Å². The van der Waals surface area contributed by atoms with Crippen molar-refractivity contribution < 1.29 is 14.3 Å². The number of thiazole rings is 1. The van der Waals surface area contributed by atoms with Crippen LogP contribution in [0.3, 0.4) is 0 Å². The van der Waals surface area contributed by atoms with Gasteiger partial charge < -0.3 is 15.0 Å². The molecular formula is C18H21N5O3S. The van der Waals surface area contributed by atoms with Gasteiger partial charge in [-0.15, -0.1) is 5.10 Å². The number of hydrogen-bond donors (Lipinski definition) is 1. The van der Waals surface area contributed by atoms with Crippen molar-refractivity contribution in [2.24, 2.45) is 5.92 Å². The minimum absolute atomic E-state index is 0.0837. The predicted octanol–water partition coefficient (Wildman–Crippen LogP) is 2.06. The summed E-state index contributed by atoms with van der Waals surface area (Å²) in [6.07, 6.45) is 6.36. The van der Waals surface area contributed by atoms with Crippen molar-refractivity contribution in [1.82, 2.24) is 15.2 Å². The van der Waals surface area contributed by atoms with Crippen LogP contribution in [0.1, 0.15) is 40.2 Å². The highest BCUT2D eigenvalue weighted by molar-refractivity contribution is 7.17. The van der Waals surface area contributed by atoms with Crippen LogP contribution in [0.15, 0.2) is 12.3 Å². The molecule has 27 heavy (non-hydrogen) atoms. The molecule has 1 atom stereocenters. The highest BCUT2D eigenvalue weighted by atomic mass is 32.1. The molecule has 2 aromatic rings. The van der Waals surface area contributed by atoms with Gasteiger partial charge in [0.15, 0.2) is 10.9 Å². The van der Waals surface area contributed by atoms with Gasteiger partial charge in [-0.1, -0.05) is 11.3 Å². The Bertz CT molecular complexity index is 868. The number of fused-ring (bicyclic) bond motifs is 1. The highest BCUT2D eigenvalue weighted by Gasteiger charge is 2.28. The van der Waals surface area contributed by atoms with Gasteiger partial charge in [-0.05, 0) is 43.7 Å². The number of hydrogen-bond acceptors (Lipinski definition) is 8. The average Bonchev–Trinajstić information content (AvgIpc) is 3.36. The summed E-state index contributed by atoms with van der Waals surface area (Å²) in [5.74, 6) is 0.168. The summed E-state index contributed by atoms with van der Waals surface area (Å²) in [5.41, 5.74) is 2.39. The second-order valence-corrected chi connectivity index (χ2v) is 7.85. The molecule has 0 radical (unpaired) electrons. The van der Waals surface area contributed by atoms with Crippen LogP contribution in [-0.4, -0.2) is 47.3 Å². The summed E-state index contributed by atoms with van der Waals surface area (Å²) in [4.78, 5) is 30.8. The van der Waals surface area contributed by atoms with E-state index in [-0.39, 0.29) is 11.8 Å². The summed E-state index contributed by atoms with van der Waals surface area (Å²) >= 11 is 1.11. The molecule has 1 aliphatic heterocycles. The average molecular weight is 387 g/mol. The summed E-state index contributed by atoms with van der Waals surface area (Å²) in [5, 5.41) is 12.0. The first-order valence-electron chi connectivity index (χ1n) is 9.09. The highest BCUT2D eigenvalue weighted by Crippen LogP contribution is 2.27. The van der Waals surface area contributed by atoms with E-state index in [1.54, 1.807) is 0 Å². The van der Waals surface area contributed by atoms with E-state index < -0.39 is 5.97 Å². The Balaban J connectivity index is 1.41. The lowest BCUT2D eigenvalue weighted by Crippen LogP contribution is -2.41. The van der Waals surface area contributed by atoms with Crippen molar-refractivity contribution in [3.8, 4) is 0 Å². The van der Waals surface area contributed by atoms with Crippen LogP contribution in [0.2, 0.25) is 0 Å². The Labute approximate surface area is 161 Å². The van der Waals surface area contributed by atoms with Crippen LogP contribution < -0.4 is 10.2 Å². The minimum atomic E-state index is -0.452. The molecule has 0 aromatic carbocycles. The standard InChI is InChI=1S/C18H21N5O3S/c1-26-17(25)14-9-19-18(27-14)20-16(24)12-5-3-7-23(10-12)15-8-11-4-2-6-13(11)21-22-15/h8-9,12H,2-7,10H2,1H3,(H,19,20,24)/t12-/m0/s1. The van der Waals surface area contributed by atoms with Crippen molar-refractivity contribution in [2.75, 3.05) is 30.4 Å². The fourth-order valence-electron chi connectivity index (χ4n) is 3.61. The number of ether oxygens (including phenoxy) is 1. The van der Waals surface area contributed by atoms with Gasteiger partial charge in [0.05, 0.1) is 24.9 Å². The number of nitrogens with zero attached hydrogens (tertiary/aromatic N) is 4. The third-order valence-electron chi connectivity index (χ3n) is 5.05. The number of amides is 1. The second kappa shape index (κ2) is 7.59. The first-order chi connectivity index (χ1) is 13.1. The zero-order chi connectivity index (χ0) is 18.8. The molecule has 9 heteroatoms. The van der Waals surface area contributed by atoms with Gasteiger partial charge in [-0.3, -0.25) is 4.79 Å². The molecule has 142 valence electrons. The SMILES string of the molecule is COC(=O)c1cnc(NC(=O)[C@H]2CCCN(c3cc4c(nn3)CCC4)C2)s1. The fourth-order valence-corrected chi connectivity index (χ4v) is 4.34. The van der Waals surface area contributed by atoms with Gasteiger partial charge in [0.1, 0.15) is 4.88 Å². The molecule has 4 rings (SSSR count). The smallest absolute Gasteiger partial charge is 0.349 e. The number of esters is 1. The van der Waals surface area contributed by atoms with E-state index >= 15 is 0 Å². The minimum Gasteiger partial charge on any atom is -0.465 e. The third-order valence-corrected chi connectivity index (χ3v) is 5.94. The number of methoxy groups -OCH3 is 1. The van der Waals surface area contributed by atoms with Crippen LogP contribution in [0.25, 0.3) is 0 Å². The summed E-state index contributed by atoms with van der Waals surface area (Å²) in [6, 6.07) is 2.12.